The largest absolute Gasteiger partial charge is 0.497 e. The number of hydrogen-bond acceptors (Lipinski definition) is 3. The Labute approximate surface area is 118 Å². The summed E-state index contributed by atoms with van der Waals surface area (Å²) in [4.78, 5) is 0. The smallest absolute Gasteiger partial charge is 0.123 e. The van der Waals surface area contributed by atoms with Gasteiger partial charge in [-0.2, -0.15) is 11.8 Å². The summed E-state index contributed by atoms with van der Waals surface area (Å²) in [6.07, 6.45) is 10.8. The van der Waals surface area contributed by atoms with Gasteiger partial charge in [-0.1, -0.05) is 30.4 Å². The summed E-state index contributed by atoms with van der Waals surface area (Å²) in [6, 6.07) is 5.86. The molecule has 0 unspecified atom stereocenters. The van der Waals surface area contributed by atoms with Crippen molar-refractivity contribution < 1.29 is 9.47 Å². The second-order valence-electron chi connectivity index (χ2n) is 4.12. The lowest BCUT2D eigenvalue weighted by Crippen LogP contribution is -1.88. The van der Waals surface area contributed by atoms with Crippen LogP contribution >= 0.6 is 11.8 Å². The second-order valence-corrected chi connectivity index (χ2v) is 5.20. The molecule has 0 bridgehead atoms. The fraction of sp³-hybridized carbons (Fsp3) is 0.250. The Hall–Kier alpha value is -1.61. The van der Waals surface area contributed by atoms with Gasteiger partial charge in [0.05, 0.1) is 14.2 Å². The van der Waals surface area contributed by atoms with Crippen molar-refractivity contribution in [3.8, 4) is 11.5 Å². The molecule has 1 aliphatic rings. The highest BCUT2D eigenvalue weighted by Gasteiger charge is 1.99. The van der Waals surface area contributed by atoms with Gasteiger partial charge >= 0.3 is 0 Å². The lowest BCUT2D eigenvalue weighted by Gasteiger charge is -2.05. The predicted octanol–water partition coefficient (Wildman–Crippen LogP) is 3.95. The molecule has 3 heteroatoms. The Morgan fingerprint density at radius 3 is 2.42 bits per heavy atom. The maximum absolute atomic E-state index is 5.26. The fourth-order valence-corrected chi connectivity index (χ4v) is 2.46. The minimum atomic E-state index is 0.806. The molecule has 0 atom stereocenters. The molecule has 1 aromatic carbocycles. The summed E-state index contributed by atoms with van der Waals surface area (Å²) in [7, 11) is 3.33. The summed E-state index contributed by atoms with van der Waals surface area (Å²) in [5.74, 6) is 3.76. The van der Waals surface area contributed by atoms with E-state index in [1.807, 2.05) is 30.0 Å². The SMILES string of the molecule is COc1cc(/C=C/C2=CCSCC=C2)cc(OC)c1. The van der Waals surface area contributed by atoms with Crippen molar-refractivity contribution >= 4 is 17.8 Å². The molecule has 0 saturated carbocycles. The molecule has 2 rings (SSSR count). The summed E-state index contributed by atoms with van der Waals surface area (Å²) < 4.78 is 10.5. The van der Waals surface area contributed by atoms with E-state index in [1.54, 1.807) is 14.2 Å². The highest BCUT2D eigenvalue weighted by molar-refractivity contribution is 7.99. The first kappa shape index (κ1) is 13.8. The minimum Gasteiger partial charge on any atom is -0.497 e. The summed E-state index contributed by atoms with van der Waals surface area (Å²) in [5, 5.41) is 0. The average Bonchev–Trinajstić information content (AvgIpc) is 2.73. The second kappa shape index (κ2) is 7.10. The molecular weight excluding hydrogens is 256 g/mol. The van der Waals surface area contributed by atoms with Gasteiger partial charge in [0, 0.05) is 17.6 Å². The molecule has 1 aromatic rings. The van der Waals surface area contributed by atoms with Crippen molar-refractivity contribution in [2.45, 2.75) is 0 Å². The van der Waals surface area contributed by atoms with Crippen LogP contribution in [-0.2, 0) is 0 Å². The molecule has 100 valence electrons. The van der Waals surface area contributed by atoms with Crippen LogP contribution in [0.4, 0.5) is 0 Å². The maximum atomic E-state index is 5.26. The zero-order chi connectivity index (χ0) is 13.5. The maximum Gasteiger partial charge on any atom is 0.123 e. The molecule has 2 nitrogen and oxygen atoms in total. The van der Waals surface area contributed by atoms with Crippen LogP contribution in [0.25, 0.3) is 6.08 Å². The lowest BCUT2D eigenvalue weighted by molar-refractivity contribution is 0.394. The first-order valence-corrected chi connectivity index (χ1v) is 7.33. The van der Waals surface area contributed by atoms with Gasteiger partial charge in [0.2, 0.25) is 0 Å². The van der Waals surface area contributed by atoms with Crippen LogP contribution in [0.2, 0.25) is 0 Å². The van der Waals surface area contributed by atoms with Gasteiger partial charge in [-0.3, -0.25) is 0 Å². The molecule has 0 fully saturated rings. The zero-order valence-electron chi connectivity index (χ0n) is 11.3. The number of methoxy groups -OCH3 is 2. The van der Waals surface area contributed by atoms with Crippen molar-refractivity contribution in [2.24, 2.45) is 0 Å². The monoisotopic (exact) mass is 274 g/mol. The summed E-state index contributed by atoms with van der Waals surface area (Å²) in [6.45, 7) is 0. The van der Waals surface area contributed by atoms with E-state index in [4.69, 9.17) is 9.47 Å². The van der Waals surface area contributed by atoms with Gasteiger partial charge in [-0.05, 0) is 23.3 Å². The highest BCUT2D eigenvalue weighted by Crippen LogP contribution is 2.23. The van der Waals surface area contributed by atoms with Crippen LogP contribution in [0.1, 0.15) is 5.56 Å². The average molecular weight is 274 g/mol. The number of thioether (sulfide) groups is 1. The zero-order valence-corrected chi connectivity index (χ0v) is 12.1. The van der Waals surface area contributed by atoms with Gasteiger partial charge in [0.15, 0.2) is 0 Å². The molecule has 0 N–H and O–H groups in total. The van der Waals surface area contributed by atoms with Crippen LogP contribution in [0.15, 0.2) is 48.1 Å². The first-order valence-electron chi connectivity index (χ1n) is 6.17. The Kier molecular flexibility index (Phi) is 5.16. The van der Waals surface area contributed by atoms with E-state index in [1.165, 1.54) is 5.57 Å². The first-order chi connectivity index (χ1) is 9.31. The van der Waals surface area contributed by atoms with Crippen molar-refractivity contribution in [1.82, 2.24) is 0 Å². The van der Waals surface area contributed by atoms with E-state index in [0.717, 1.165) is 28.6 Å². The van der Waals surface area contributed by atoms with Gasteiger partial charge < -0.3 is 9.47 Å². The van der Waals surface area contributed by atoms with Crippen molar-refractivity contribution in [2.75, 3.05) is 25.7 Å². The van der Waals surface area contributed by atoms with Gasteiger partial charge in [-0.25, -0.2) is 0 Å². The van der Waals surface area contributed by atoms with Crippen molar-refractivity contribution in [3.63, 3.8) is 0 Å². The number of rotatable bonds is 4. The van der Waals surface area contributed by atoms with E-state index in [9.17, 15) is 0 Å². The fourth-order valence-electron chi connectivity index (χ4n) is 1.79. The number of benzene rings is 1. The van der Waals surface area contributed by atoms with Gasteiger partial charge in [0.1, 0.15) is 11.5 Å². The number of hydrogen-bond donors (Lipinski definition) is 0. The summed E-state index contributed by atoms with van der Waals surface area (Å²) >= 11 is 1.92. The lowest BCUT2D eigenvalue weighted by atomic mass is 10.1. The Morgan fingerprint density at radius 1 is 1.00 bits per heavy atom. The van der Waals surface area contributed by atoms with E-state index in [-0.39, 0.29) is 0 Å². The molecule has 1 aliphatic heterocycles. The number of ether oxygens (including phenoxy) is 2. The molecule has 19 heavy (non-hydrogen) atoms. The minimum absolute atomic E-state index is 0.806. The topological polar surface area (TPSA) is 18.5 Å². The Morgan fingerprint density at radius 2 is 1.74 bits per heavy atom. The van der Waals surface area contributed by atoms with Crippen molar-refractivity contribution in [1.29, 1.82) is 0 Å². The quantitative estimate of drug-likeness (QED) is 0.828. The molecule has 0 radical (unpaired) electrons. The molecule has 0 aliphatic carbocycles. The third kappa shape index (κ3) is 4.21. The van der Waals surface area contributed by atoms with Crippen LogP contribution in [0, 0.1) is 0 Å². The molecule has 0 aromatic heterocycles. The normalized spacial score (nSPS) is 15.2. The predicted molar refractivity (Wildman–Crippen MR) is 83.1 cm³/mol. The molecule has 0 amide bonds. The van der Waals surface area contributed by atoms with Crippen LogP contribution in [-0.4, -0.2) is 25.7 Å². The van der Waals surface area contributed by atoms with Crippen LogP contribution in [0.5, 0.6) is 11.5 Å². The van der Waals surface area contributed by atoms with Gasteiger partial charge in [-0.15, -0.1) is 0 Å². The molecule has 0 spiro atoms. The van der Waals surface area contributed by atoms with Crippen LogP contribution in [0.3, 0.4) is 0 Å². The highest BCUT2D eigenvalue weighted by atomic mass is 32.2. The van der Waals surface area contributed by atoms with E-state index >= 15 is 0 Å². The van der Waals surface area contributed by atoms with Gasteiger partial charge in [0.25, 0.3) is 0 Å². The Balaban J connectivity index is 2.19. The molecular formula is C16H18O2S. The third-order valence-electron chi connectivity index (χ3n) is 2.80. The molecule has 0 saturated heterocycles. The summed E-state index contributed by atoms with van der Waals surface area (Å²) in [5.41, 5.74) is 2.31. The Bertz CT molecular complexity index is 493. The van der Waals surface area contributed by atoms with E-state index in [0.29, 0.717) is 0 Å². The van der Waals surface area contributed by atoms with E-state index < -0.39 is 0 Å². The van der Waals surface area contributed by atoms with Crippen molar-refractivity contribution in [3.05, 3.63) is 53.6 Å². The standard InChI is InChI=1S/C16H18O2S/c1-17-15-10-14(11-16(12-15)18-2)6-5-13-4-3-8-19-9-7-13/h3-7,10-12H,8-9H2,1-2H3/b6-5+. The molecule has 1 heterocycles. The van der Waals surface area contributed by atoms with E-state index in [2.05, 4.69) is 30.4 Å². The van der Waals surface area contributed by atoms with Crippen LogP contribution < -0.4 is 9.47 Å². The number of allylic oxidation sites excluding steroid dienone is 3. The third-order valence-corrected chi connectivity index (χ3v) is 3.63.